The van der Waals surface area contributed by atoms with Crippen molar-refractivity contribution in [3.05, 3.63) is 35.7 Å². The van der Waals surface area contributed by atoms with E-state index in [1.807, 2.05) is 0 Å². The number of hydrogen-bond acceptors (Lipinski definition) is 5. The van der Waals surface area contributed by atoms with E-state index >= 15 is 0 Å². The lowest BCUT2D eigenvalue weighted by Gasteiger charge is -2.02. The van der Waals surface area contributed by atoms with Crippen LogP contribution in [-0.4, -0.2) is 9.36 Å². The van der Waals surface area contributed by atoms with E-state index in [1.54, 1.807) is 24.3 Å². The van der Waals surface area contributed by atoms with Crippen molar-refractivity contribution >= 4 is 11.5 Å². The molecule has 1 heterocycles. The van der Waals surface area contributed by atoms with Crippen LogP contribution in [0.5, 0.6) is 10.9 Å². The average molecular weight is 275 g/mol. The van der Waals surface area contributed by atoms with Crippen molar-refractivity contribution in [1.29, 1.82) is 0 Å². The van der Waals surface area contributed by atoms with Gasteiger partial charge in [0.2, 0.25) is 0 Å². The number of ether oxygens (including phenoxy) is 1. The maximum absolute atomic E-state index is 12.3. The van der Waals surface area contributed by atoms with Gasteiger partial charge in [-0.25, -0.2) is 0 Å². The number of hydrogen-bond donors (Lipinski definition) is 1. The van der Waals surface area contributed by atoms with Crippen LogP contribution in [0.15, 0.2) is 24.3 Å². The van der Waals surface area contributed by atoms with Crippen molar-refractivity contribution in [2.75, 3.05) is 0 Å². The summed E-state index contributed by atoms with van der Waals surface area (Å²) in [6.07, 6.45) is -4.55. The summed E-state index contributed by atoms with van der Waals surface area (Å²) in [5.74, 6) is -0.807. The monoisotopic (exact) mass is 275 g/mol. The van der Waals surface area contributed by atoms with Gasteiger partial charge in [-0.15, -0.1) is 0 Å². The molecule has 0 aliphatic rings. The molecule has 0 radical (unpaired) electrons. The lowest BCUT2D eigenvalue weighted by atomic mass is 10.2. The van der Waals surface area contributed by atoms with Crippen molar-refractivity contribution in [3.8, 4) is 10.9 Å². The van der Waals surface area contributed by atoms with Crippen LogP contribution in [0.25, 0.3) is 0 Å². The standard InChI is InChI=1S/C10H8F3N3OS/c11-10(12,13)8-15-9(18-16-8)17-7-3-1-6(5-14)2-4-7/h1-4H,5,14H2. The fraction of sp³-hybridized carbons (Fsp3) is 0.200. The van der Waals surface area contributed by atoms with E-state index in [1.165, 1.54) is 0 Å². The molecule has 0 atom stereocenters. The van der Waals surface area contributed by atoms with Gasteiger partial charge in [-0.05, 0) is 17.7 Å². The van der Waals surface area contributed by atoms with Gasteiger partial charge in [0.15, 0.2) is 0 Å². The molecule has 1 aromatic heterocycles. The van der Waals surface area contributed by atoms with Gasteiger partial charge in [0, 0.05) is 18.1 Å². The summed E-state index contributed by atoms with van der Waals surface area (Å²) >= 11 is 0.553. The van der Waals surface area contributed by atoms with Crippen LogP contribution < -0.4 is 10.5 Å². The summed E-state index contributed by atoms with van der Waals surface area (Å²) < 4.78 is 45.1. The first-order valence-electron chi connectivity index (χ1n) is 4.87. The lowest BCUT2D eigenvalue weighted by molar-refractivity contribution is -0.144. The second kappa shape index (κ2) is 4.91. The minimum atomic E-state index is -4.55. The molecule has 0 bridgehead atoms. The Bertz CT molecular complexity index is 524. The van der Waals surface area contributed by atoms with Crippen molar-refractivity contribution in [3.63, 3.8) is 0 Å². The number of benzene rings is 1. The first kappa shape index (κ1) is 12.8. The summed E-state index contributed by atoms with van der Waals surface area (Å²) in [6, 6.07) is 6.66. The van der Waals surface area contributed by atoms with Crippen molar-refractivity contribution in [1.82, 2.24) is 9.36 Å². The molecule has 0 amide bonds. The van der Waals surface area contributed by atoms with E-state index in [2.05, 4.69) is 9.36 Å². The van der Waals surface area contributed by atoms with Crippen LogP contribution >= 0.6 is 11.5 Å². The molecule has 2 N–H and O–H groups in total. The van der Waals surface area contributed by atoms with Crippen LogP contribution in [0.1, 0.15) is 11.4 Å². The summed E-state index contributed by atoms with van der Waals surface area (Å²) in [5, 5.41) is -0.150. The number of halogens is 3. The third-order valence-corrected chi connectivity index (χ3v) is 2.62. The van der Waals surface area contributed by atoms with Gasteiger partial charge < -0.3 is 10.5 Å². The van der Waals surface area contributed by atoms with E-state index < -0.39 is 12.0 Å². The molecular formula is C10H8F3N3OS. The normalized spacial score (nSPS) is 11.6. The van der Waals surface area contributed by atoms with Crippen molar-refractivity contribution in [2.24, 2.45) is 5.73 Å². The second-order valence-electron chi connectivity index (χ2n) is 3.33. The molecule has 1 aromatic carbocycles. The summed E-state index contributed by atoms with van der Waals surface area (Å²) in [6.45, 7) is 0.386. The molecule has 8 heteroatoms. The highest BCUT2D eigenvalue weighted by Gasteiger charge is 2.36. The van der Waals surface area contributed by atoms with Gasteiger partial charge in [0.25, 0.3) is 11.0 Å². The minimum Gasteiger partial charge on any atom is -0.430 e. The lowest BCUT2D eigenvalue weighted by Crippen LogP contribution is -2.06. The van der Waals surface area contributed by atoms with E-state index in [-0.39, 0.29) is 5.19 Å². The molecule has 0 aliphatic heterocycles. The van der Waals surface area contributed by atoms with E-state index in [0.717, 1.165) is 5.56 Å². The Kier molecular flexibility index (Phi) is 3.48. The highest BCUT2D eigenvalue weighted by molar-refractivity contribution is 7.07. The molecule has 4 nitrogen and oxygen atoms in total. The van der Waals surface area contributed by atoms with Gasteiger partial charge in [0.1, 0.15) is 5.75 Å². The zero-order valence-electron chi connectivity index (χ0n) is 8.94. The molecule has 2 rings (SSSR count). The van der Waals surface area contributed by atoms with Gasteiger partial charge >= 0.3 is 6.18 Å². The van der Waals surface area contributed by atoms with Gasteiger partial charge in [-0.2, -0.15) is 22.5 Å². The quantitative estimate of drug-likeness (QED) is 0.935. The third kappa shape index (κ3) is 2.96. The highest BCUT2D eigenvalue weighted by Crippen LogP contribution is 2.31. The Hall–Kier alpha value is -1.67. The van der Waals surface area contributed by atoms with Gasteiger partial charge in [0.05, 0.1) is 0 Å². The zero-order chi connectivity index (χ0) is 13.2. The third-order valence-electron chi connectivity index (χ3n) is 2.03. The highest BCUT2D eigenvalue weighted by atomic mass is 32.1. The van der Waals surface area contributed by atoms with Crippen LogP contribution in [0.2, 0.25) is 0 Å². The largest absolute Gasteiger partial charge is 0.452 e. The molecule has 0 unspecified atom stereocenters. The Labute approximate surface area is 104 Å². The average Bonchev–Trinajstić information content (AvgIpc) is 2.78. The zero-order valence-corrected chi connectivity index (χ0v) is 9.76. The maximum atomic E-state index is 12.3. The number of rotatable bonds is 3. The molecule has 18 heavy (non-hydrogen) atoms. The Morgan fingerprint density at radius 1 is 1.22 bits per heavy atom. The molecule has 96 valence electrons. The topological polar surface area (TPSA) is 61.0 Å². The van der Waals surface area contributed by atoms with E-state index in [4.69, 9.17) is 10.5 Å². The first-order valence-corrected chi connectivity index (χ1v) is 5.64. The summed E-state index contributed by atoms with van der Waals surface area (Å²) in [5.41, 5.74) is 6.32. The molecule has 0 fully saturated rings. The SMILES string of the molecule is NCc1ccc(Oc2nc(C(F)(F)F)ns2)cc1. The molecule has 0 saturated carbocycles. The smallest absolute Gasteiger partial charge is 0.430 e. The second-order valence-corrected chi connectivity index (χ2v) is 4.05. The number of aromatic nitrogens is 2. The van der Waals surface area contributed by atoms with Crippen LogP contribution in [0.3, 0.4) is 0 Å². The molecule has 0 spiro atoms. The van der Waals surface area contributed by atoms with Crippen LogP contribution in [0.4, 0.5) is 13.2 Å². The number of alkyl halides is 3. The van der Waals surface area contributed by atoms with Crippen LogP contribution in [-0.2, 0) is 12.7 Å². The van der Waals surface area contributed by atoms with Gasteiger partial charge in [-0.1, -0.05) is 12.1 Å². The Morgan fingerprint density at radius 3 is 2.39 bits per heavy atom. The number of nitrogens with zero attached hydrogens (tertiary/aromatic N) is 2. The number of nitrogens with two attached hydrogens (primary N) is 1. The molecule has 0 saturated heterocycles. The van der Waals surface area contributed by atoms with Crippen molar-refractivity contribution in [2.45, 2.75) is 12.7 Å². The summed E-state index contributed by atoms with van der Waals surface area (Å²) in [7, 11) is 0. The minimum absolute atomic E-state index is 0.150. The van der Waals surface area contributed by atoms with E-state index in [0.29, 0.717) is 23.8 Å². The van der Waals surface area contributed by atoms with Crippen molar-refractivity contribution < 1.29 is 17.9 Å². The molecule has 0 aliphatic carbocycles. The fourth-order valence-electron chi connectivity index (χ4n) is 1.16. The predicted molar refractivity (Wildman–Crippen MR) is 59.3 cm³/mol. The van der Waals surface area contributed by atoms with Crippen LogP contribution in [0, 0.1) is 0 Å². The molecule has 2 aromatic rings. The van der Waals surface area contributed by atoms with E-state index in [9.17, 15) is 13.2 Å². The Morgan fingerprint density at radius 2 is 1.89 bits per heavy atom. The predicted octanol–water partition coefficient (Wildman–Crippen LogP) is 2.81. The fourth-order valence-corrected chi connectivity index (χ4v) is 1.73. The Balaban J connectivity index is 2.11. The van der Waals surface area contributed by atoms with Gasteiger partial charge in [-0.3, -0.25) is 0 Å². The first-order chi connectivity index (χ1) is 8.49. The maximum Gasteiger partial charge on any atom is 0.452 e. The molecular weight excluding hydrogens is 267 g/mol. The summed E-state index contributed by atoms with van der Waals surface area (Å²) in [4.78, 5) is 3.25.